The summed E-state index contributed by atoms with van der Waals surface area (Å²) in [5.41, 5.74) is 4.65. The molecule has 1 unspecified atom stereocenters. The van der Waals surface area contributed by atoms with E-state index < -0.39 is 0 Å². The third kappa shape index (κ3) is 2.87. The Labute approximate surface area is 114 Å². The first-order valence-corrected chi connectivity index (χ1v) is 6.74. The smallest absolute Gasteiger partial charge is 0.0624 e. The molecular formula is C14H23N5. The van der Waals surface area contributed by atoms with Crippen LogP contribution in [0.25, 0.3) is 0 Å². The molecule has 0 spiro atoms. The minimum atomic E-state index is 0.256. The molecule has 0 aromatic carbocycles. The number of nitrogens with zero attached hydrogens (tertiary/aromatic N) is 4. The van der Waals surface area contributed by atoms with Gasteiger partial charge in [-0.2, -0.15) is 10.2 Å². The zero-order chi connectivity index (χ0) is 14.0. The number of hydrogen-bond donors (Lipinski definition) is 1. The summed E-state index contributed by atoms with van der Waals surface area (Å²) in [4.78, 5) is 0. The van der Waals surface area contributed by atoms with Gasteiger partial charge in [-0.25, -0.2) is 0 Å². The lowest BCUT2D eigenvalue weighted by atomic mass is 10.1. The highest BCUT2D eigenvalue weighted by Gasteiger charge is 2.17. The molecule has 2 rings (SSSR count). The second-order valence-corrected chi connectivity index (χ2v) is 4.98. The molecule has 0 bridgehead atoms. The minimum absolute atomic E-state index is 0.256. The highest BCUT2D eigenvalue weighted by Crippen LogP contribution is 2.19. The molecule has 2 aromatic rings. The molecule has 0 fully saturated rings. The van der Waals surface area contributed by atoms with E-state index >= 15 is 0 Å². The van der Waals surface area contributed by atoms with Crippen LogP contribution in [0.5, 0.6) is 0 Å². The molecule has 0 saturated carbocycles. The standard InChI is InChI=1S/C14H23N5/c1-6-11-8-12(18(4)17-11)9-13(15-3)14-7-10(2)16-19(14)5/h7-8,13,15H,6,9H2,1-5H3. The first-order chi connectivity index (χ1) is 9.05. The van der Waals surface area contributed by atoms with Crippen LogP contribution in [-0.2, 0) is 26.9 Å². The monoisotopic (exact) mass is 261 g/mol. The van der Waals surface area contributed by atoms with Gasteiger partial charge >= 0.3 is 0 Å². The summed E-state index contributed by atoms with van der Waals surface area (Å²) < 4.78 is 3.93. The van der Waals surface area contributed by atoms with Crippen LogP contribution in [0.2, 0.25) is 0 Å². The normalized spacial score (nSPS) is 12.9. The fourth-order valence-electron chi connectivity index (χ4n) is 2.46. The summed E-state index contributed by atoms with van der Waals surface area (Å²) in [6.45, 7) is 4.15. The predicted octanol–water partition coefficient (Wildman–Crippen LogP) is 1.53. The minimum Gasteiger partial charge on any atom is -0.311 e. The van der Waals surface area contributed by atoms with Gasteiger partial charge in [0.15, 0.2) is 0 Å². The Morgan fingerprint density at radius 1 is 1.21 bits per heavy atom. The van der Waals surface area contributed by atoms with Crippen LogP contribution in [0, 0.1) is 6.92 Å². The first kappa shape index (κ1) is 13.8. The molecule has 1 atom stereocenters. The Morgan fingerprint density at radius 3 is 2.42 bits per heavy atom. The molecule has 2 aromatic heterocycles. The molecule has 19 heavy (non-hydrogen) atoms. The maximum atomic E-state index is 4.50. The molecule has 2 heterocycles. The molecule has 0 saturated heterocycles. The number of aromatic nitrogens is 4. The van der Waals surface area contributed by atoms with Gasteiger partial charge < -0.3 is 5.32 Å². The Balaban J connectivity index is 2.23. The summed E-state index contributed by atoms with van der Waals surface area (Å²) in [6, 6.07) is 4.58. The van der Waals surface area contributed by atoms with Gasteiger partial charge in [-0.15, -0.1) is 0 Å². The summed E-state index contributed by atoms with van der Waals surface area (Å²) in [5.74, 6) is 0. The van der Waals surface area contributed by atoms with Gasteiger partial charge in [0.1, 0.15) is 0 Å². The van der Waals surface area contributed by atoms with Crippen molar-refractivity contribution in [2.45, 2.75) is 32.7 Å². The van der Waals surface area contributed by atoms with E-state index in [1.165, 1.54) is 11.4 Å². The second-order valence-electron chi connectivity index (χ2n) is 4.98. The maximum Gasteiger partial charge on any atom is 0.0624 e. The molecule has 5 nitrogen and oxygen atoms in total. The lowest BCUT2D eigenvalue weighted by Gasteiger charge is -2.16. The third-order valence-corrected chi connectivity index (χ3v) is 3.55. The van der Waals surface area contributed by atoms with E-state index in [0.717, 1.165) is 24.2 Å². The highest BCUT2D eigenvalue weighted by atomic mass is 15.3. The number of rotatable bonds is 5. The Morgan fingerprint density at radius 2 is 1.95 bits per heavy atom. The van der Waals surface area contributed by atoms with Gasteiger partial charge in [0, 0.05) is 26.2 Å². The van der Waals surface area contributed by atoms with Crippen LogP contribution in [0.15, 0.2) is 12.1 Å². The molecule has 0 aliphatic heterocycles. The van der Waals surface area contributed by atoms with Gasteiger partial charge in [0.2, 0.25) is 0 Å². The molecule has 104 valence electrons. The number of likely N-dealkylation sites (N-methyl/N-ethyl adjacent to an activating group) is 1. The SMILES string of the molecule is CCc1cc(CC(NC)c2cc(C)nn2C)n(C)n1. The molecule has 0 aliphatic rings. The summed E-state index contributed by atoms with van der Waals surface area (Å²) in [6.07, 6.45) is 1.89. The Hall–Kier alpha value is -1.62. The number of nitrogens with one attached hydrogen (secondary N) is 1. The zero-order valence-electron chi connectivity index (χ0n) is 12.4. The van der Waals surface area contributed by atoms with E-state index in [1.54, 1.807) is 0 Å². The predicted molar refractivity (Wildman–Crippen MR) is 76.0 cm³/mol. The van der Waals surface area contributed by atoms with Crippen molar-refractivity contribution in [3.8, 4) is 0 Å². The van der Waals surface area contributed by atoms with E-state index in [-0.39, 0.29) is 6.04 Å². The van der Waals surface area contributed by atoms with Crippen molar-refractivity contribution in [2.75, 3.05) is 7.05 Å². The van der Waals surface area contributed by atoms with Gasteiger partial charge in [0.05, 0.1) is 23.1 Å². The van der Waals surface area contributed by atoms with Crippen LogP contribution < -0.4 is 5.32 Å². The van der Waals surface area contributed by atoms with Crippen molar-refractivity contribution in [1.29, 1.82) is 0 Å². The average molecular weight is 261 g/mol. The number of hydrogen-bond acceptors (Lipinski definition) is 3. The van der Waals surface area contributed by atoms with Gasteiger partial charge in [0.25, 0.3) is 0 Å². The quantitative estimate of drug-likeness (QED) is 0.888. The van der Waals surface area contributed by atoms with Crippen LogP contribution in [0.1, 0.15) is 35.7 Å². The van der Waals surface area contributed by atoms with Crippen molar-refractivity contribution in [3.05, 3.63) is 34.9 Å². The van der Waals surface area contributed by atoms with Crippen molar-refractivity contribution in [3.63, 3.8) is 0 Å². The summed E-state index contributed by atoms with van der Waals surface area (Å²) in [7, 11) is 5.99. The molecule has 5 heteroatoms. The van der Waals surface area contributed by atoms with Crippen LogP contribution in [0.3, 0.4) is 0 Å². The highest BCUT2D eigenvalue weighted by molar-refractivity contribution is 5.18. The van der Waals surface area contributed by atoms with Crippen LogP contribution in [-0.4, -0.2) is 26.6 Å². The van der Waals surface area contributed by atoms with Crippen LogP contribution in [0.4, 0.5) is 0 Å². The van der Waals surface area contributed by atoms with Gasteiger partial charge in [-0.3, -0.25) is 9.36 Å². The Kier molecular flexibility index (Phi) is 4.04. The van der Waals surface area contributed by atoms with E-state index in [2.05, 4.69) is 34.6 Å². The van der Waals surface area contributed by atoms with E-state index in [4.69, 9.17) is 0 Å². The topological polar surface area (TPSA) is 47.7 Å². The van der Waals surface area contributed by atoms with E-state index in [9.17, 15) is 0 Å². The summed E-state index contributed by atoms with van der Waals surface area (Å²) in [5, 5.41) is 12.3. The van der Waals surface area contributed by atoms with E-state index in [1.807, 2.05) is 37.4 Å². The van der Waals surface area contributed by atoms with Crippen molar-refractivity contribution in [1.82, 2.24) is 24.9 Å². The largest absolute Gasteiger partial charge is 0.311 e. The van der Waals surface area contributed by atoms with Crippen molar-refractivity contribution >= 4 is 0 Å². The maximum absolute atomic E-state index is 4.50. The first-order valence-electron chi connectivity index (χ1n) is 6.74. The zero-order valence-corrected chi connectivity index (χ0v) is 12.4. The molecule has 0 amide bonds. The molecule has 0 aliphatic carbocycles. The fourth-order valence-corrected chi connectivity index (χ4v) is 2.46. The van der Waals surface area contributed by atoms with Crippen molar-refractivity contribution < 1.29 is 0 Å². The van der Waals surface area contributed by atoms with Gasteiger partial charge in [-0.1, -0.05) is 6.92 Å². The average Bonchev–Trinajstić information content (AvgIpc) is 2.89. The molecule has 0 radical (unpaired) electrons. The van der Waals surface area contributed by atoms with Crippen molar-refractivity contribution in [2.24, 2.45) is 14.1 Å². The third-order valence-electron chi connectivity index (χ3n) is 3.55. The lowest BCUT2D eigenvalue weighted by Crippen LogP contribution is -2.22. The van der Waals surface area contributed by atoms with E-state index in [0.29, 0.717) is 0 Å². The number of aryl methyl sites for hydroxylation is 4. The molecular weight excluding hydrogens is 238 g/mol. The molecule has 1 N–H and O–H groups in total. The second kappa shape index (κ2) is 5.57. The summed E-state index contributed by atoms with van der Waals surface area (Å²) >= 11 is 0. The van der Waals surface area contributed by atoms with Gasteiger partial charge in [-0.05, 0) is 32.5 Å². The van der Waals surface area contributed by atoms with Crippen LogP contribution >= 0.6 is 0 Å². The fraction of sp³-hybridized carbons (Fsp3) is 0.571. The Bertz CT molecular complexity index is 552. The lowest BCUT2D eigenvalue weighted by molar-refractivity contribution is 0.519.